The van der Waals surface area contributed by atoms with Crippen LogP contribution in [0.1, 0.15) is 49.7 Å². The van der Waals surface area contributed by atoms with Gasteiger partial charge in [0, 0.05) is 29.6 Å². The van der Waals surface area contributed by atoms with Crippen LogP contribution in [0.15, 0.2) is 28.4 Å². The summed E-state index contributed by atoms with van der Waals surface area (Å²) in [6.45, 7) is 6.74. The van der Waals surface area contributed by atoms with Gasteiger partial charge in [0.2, 0.25) is 0 Å². The summed E-state index contributed by atoms with van der Waals surface area (Å²) in [6.07, 6.45) is 1.05. The first-order chi connectivity index (χ1) is 16.4. The lowest BCUT2D eigenvalue weighted by Gasteiger charge is -2.22. The minimum absolute atomic E-state index is 0.113. The number of β-amino-alcohol motifs (C(OH)–C–C–N with tert-alkyl or cyclic N) is 1. The van der Waals surface area contributed by atoms with Crippen molar-refractivity contribution >= 4 is 17.0 Å². The van der Waals surface area contributed by atoms with Crippen molar-refractivity contribution in [1.29, 1.82) is 0 Å². The molecule has 2 aromatic heterocycles. The van der Waals surface area contributed by atoms with Gasteiger partial charge in [0.05, 0.1) is 12.6 Å². The van der Waals surface area contributed by atoms with E-state index in [9.17, 15) is 18.3 Å². The van der Waals surface area contributed by atoms with E-state index in [1.807, 2.05) is 25.7 Å². The number of alkyl halides is 3. The maximum absolute atomic E-state index is 13.8. The van der Waals surface area contributed by atoms with Crippen molar-refractivity contribution in [2.45, 2.75) is 57.1 Å². The molecule has 0 bridgehead atoms. The molecule has 0 radical (unpaired) electrons. The summed E-state index contributed by atoms with van der Waals surface area (Å²) >= 11 is 0. The normalized spacial score (nSPS) is 19.4. The lowest BCUT2D eigenvalue weighted by molar-refractivity contribution is -0.166. The maximum atomic E-state index is 13.8. The topological polar surface area (TPSA) is 105 Å². The molecular weight excluding hydrogens is 461 g/mol. The molecule has 0 amide bonds. The molecule has 1 atom stereocenters. The van der Waals surface area contributed by atoms with E-state index in [0.717, 1.165) is 0 Å². The fourth-order valence-electron chi connectivity index (χ4n) is 4.23. The third kappa shape index (κ3) is 3.80. The Kier molecular flexibility index (Phi) is 5.10. The highest BCUT2D eigenvalue weighted by molar-refractivity contribution is 5.83. The van der Waals surface area contributed by atoms with E-state index < -0.39 is 23.4 Å². The van der Waals surface area contributed by atoms with Gasteiger partial charge in [0.15, 0.2) is 17.0 Å². The molecule has 5 rings (SSSR count). The molecule has 0 spiro atoms. The van der Waals surface area contributed by atoms with Crippen molar-refractivity contribution in [3.8, 4) is 12.3 Å². The number of aromatic nitrogens is 5. The summed E-state index contributed by atoms with van der Waals surface area (Å²) in [5.41, 5.74) is -1.93. The van der Waals surface area contributed by atoms with Gasteiger partial charge in [-0.3, -0.25) is 0 Å². The smallest absolute Gasteiger partial charge is 0.391 e. The second kappa shape index (κ2) is 7.71. The van der Waals surface area contributed by atoms with E-state index in [1.165, 1.54) is 16.8 Å². The average molecular weight is 484 g/mol. The molecule has 12 heteroatoms. The van der Waals surface area contributed by atoms with Crippen molar-refractivity contribution in [3.63, 3.8) is 0 Å². The summed E-state index contributed by atoms with van der Waals surface area (Å²) in [7, 11) is 0. The summed E-state index contributed by atoms with van der Waals surface area (Å²) < 4.78 is 43.0. The van der Waals surface area contributed by atoms with E-state index in [-0.39, 0.29) is 23.2 Å². The molecule has 182 valence electrons. The van der Waals surface area contributed by atoms with Crippen molar-refractivity contribution in [3.05, 3.63) is 40.7 Å². The Labute approximate surface area is 199 Å². The van der Waals surface area contributed by atoms with Crippen LogP contribution in [0.4, 0.5) is 19.0 Å². The molecule has 1 N–H and O–H groups in total. The standard InChI is InChI=1S/C23H23F3N8O/c1-5-13-7-6-8-16(22(30-31-22)23(24,25)26)15(13)12-34-19-17(29-32-34)18(33-10-9-14(35)11-33)27-20(28-19)21(2,3)4/h1,6-8,14,35H,9-12H2,2-4H3/t14-/m0/s1. The van der Waals surface area contributed by atoms with Crippen molar-refractivity contribution in [2.24, 2.45) is 10.2 Å². The summed E-state index contributed by atoms with van der Waals surface area (Å²) in [6, 6.07) is 4.35. The monoisotopic (exact) mass is 484 g/mol. The predicted octanol–water partition coefficient (Wildman–Crippen LogP) is 3.30. The van der Waals surface area contributed by atoms with Gasteiger partial charge in [-0.25, -0.2) is 14.6 Å². The maximum Gasteiger partial charge on any atom is 0.442 e. The third-order valence-electron chi connectivity index (χ3n) is 6.19. The Bertz CT molecular complexity index is 1380. The van der Waals surface area contributed by atoms with Crippen molar-refractivity contribution in [2.75, 3.05) is 18.0 Å². The fourth-order valence-corrected chi connectivity index (χ4v) is 4.23. The van der Waals surface area contributed by atoms with E-state index >= 15 is 0 Å². The SMILES string of the molecule is C#Cc1cccc(C2(C(F)(F)F)N=N2)c1Cn1nnc2c(N3CC[C@H](O)C3)nc(C(C)(C)C)nc21. The van der Waals surface area contributed by atoms with Crippen LogP contribution >= 0.6 is 0 Å². The number of halogens is 3. The molecule has 3 aromatic rings. The van der Waals surface area contributed by atoms with Gasteiger partial charge in [0.1, 0.15) is 5.82 Å². The van der Waals surface area contributed by atoms with E-state index in [1.54, 1.807) is 6.07 Å². The van der Waals surface area contributed by atoms with Gasteiger partial charge in [-0.05, 0) is 18.1 Å². The molecule has 1 saturated heterocycles. The zero-order chi connectivity index (χ0) is 25.2. The highest BCUT2D eigenvalue weighted by atomic mass is 19.4. The first kappa shape index (κ1) is 23.2. The number of benzene rings is 1. The molecule has 4 heterocycles. The molecule has 1 fully saturated rings. The Morgan fingerprint density at radius 1 is 1.20 bits per heavy atom. The molecule has 2 aliphatic rings. The van der Waals surface area contributed by atoms with Crippen LogP contribution in [0.25, 0.3) is 11.2 Å². The number of aliphatic hydroxyl groups is 1. The van der Waals surface area contributed by atoms with Crippen LogP contribution in [0.2, 0.25) is 0 Å². The van der Waals surface area contributed by atoms with Crippen LogP contribution < -0.4 is 4.90 Å². The Balaban J connectivity index is 1.66. The van der Waals surface area contributed by atoms with Gasteiger partial charge in [0.25, 0.3) is 0 Å². The zero-order valence-electron chi connectivity index (χ0n) is 19.4. The van der Waals surface area contributed by atoms with Gasteiger partial charge in [-0.2, -0.15) is 13.2 Å². The summed E-state index contributed by atoms with van der Waals surface area (Å²) in [5.74, 6) is 3.52. The number of aliphatic hydroxyl groups excluding tert-OH is 1. The number of rotatable bonds is 4. The second-order valence-corrected chi connectivity index (χ2v) is 9.77. The Morgan fingerprint density at radius 3 is 2.51 bits per heavy atom. The number of terminal acetylenes is 1. The van der Waals surface area contributed by atoms with Crippen molar-refractivity contribution in [1.82, 2.24) is 25.0 Å². The first-order valence-electron chi connectivity index (χ1n) is 11.1. The third-order valence-corrected chi connectivity index (χ3v) is 6.19. The van der Waals surface area contributed by atoms with Gasteiger partial charge >= 0.3 is 11.8 Å². The first-order valence-corrected chi connectivity index (χ1v) is 11.1. The van der Waals surface area contributed by atoms with E-state index in [0.29, 0.717) is 42.3 Å². The largest absolute Gasteiger partial charge is 0.442 e. The Morgan fingerprint density at radius 2 is 1.94 bits per heavy atom. The zero-order valence-corrected chi connectivity index (χ0v) is 19.4. The number of anilines is 1. The Hall–Kier alpha value is -3.59. The van der Waals surface area contributed by atoms with Gasteiger partial charge < -0.3 is 10.0 Å². The number of hydrogen-bond acceptors (Lipinski definition) is 8. The van der Waals surface area contributed by atoms with E-state index in [4.69, 9.17) is 11.4 Å². The van der Waals surface area contributed by atoms with Crippen LogP contribution in [-0.2, 0) is 17.6 Å². The molecule has 1 aromatic carbocycles. The summed E-state index contributed by atoms with van der Waals surface area (Å²) in [5, 5.41) is 25.2. The number of nitrogens with zero attached hydrogens (tertiary/aromatic N) is 8. The quantitative estimate of drug-likeness (QED) is 0.570. The van der Waals surface area contributed by atoms with Crippen molar-refractivity contribution < 1.29 is 18.3 Å². The average Bonchev–Trinajstić information content (AvgIpc) is 3.36. The van der Waals surface area contributed by atoms with E-state index in [2.05, 4.69) is 31.4 Å². The molecule has 35 heavy (non-hydrogen) atoms. The van der Waals surface area contributed by atoms with Crippen LogP contribution in [-0.4, -0.2) is 55.4 Å². The van der Waals surface area contributed by atoms with Crippen LogP contribution in [0.5, 0.6) is 0 Å². The summed E-state index contributed by atoms with van der Waals surface area (Å²) in [4.78, 5) is 11.3. The van der Waals surface area contributed by atoms with Crippen LogP contribution in [0, 0.1) is 12.3 Å². The molecular formula is C23H23F3N8O. The minimum Gasteiger partial charge on any atom is -0.391 e. The minimum atomic E-state index is -4.70. The molecule has 2 aliphatic heterocycles. The van der Waals surface area contributed by atoms with Gasteiger partial charge in [-0.15, -0.1) is 21.8 Å². The number of fused-ring (bicyclic) bond motifs is 1. The molecule has 9 nitrogen and oxygen atoms in total. The predicted molar refractivity (Wildman–Crippen MR) is 121 cm³/mol. The number of hydrogen-bond donors (Lipinski definition) is 1. The highest BCUT2D eigenvalue weighted by Crippen LogP contribution is 2.53. The van der Waals surface area contributed by atoms with Gasteiger partial charge in [-0.1, -0.05) is 44.0 Å². The van der Waals surface area contributed by atoms with Crippen LogP contribution in [0.3, 0.4) is 0 Å². The highest BCUT2D eigenvalue weighted by Gasteiger charge is 2.66. The molecule has 0 saturated carbocycles. The molecule has 0 unspecified atom stereocenters. The molecule has 0 aliphatic carbocycles. The fraction of sp³-hybridized carbons (Fsp3) is 0.478. The lowest BCUT2D eigenvalue weighted by atomic mass is 9.93. The lowest BCUT2D eigenvalue weighted by Crippen LogP contribution is -2.32. The second-order valence-electron chi connectivity index (χ2n) is 9.77.